The van der Waals surface area contributed by atoms with Gasteiger partial charge in [0.1, 0.15) is 0 Å². The first-order valence-corrected chi connectivity index (χ1v) is 6.13. The molecule has 0 bridgehead atoms. The van der Waals surface area contributed by atoms with E-state index in [0.717, 1.165) is 6.42 Å². The third-order valence-corrected chi connectivity index (χ3v) is 4.60. The molecule has 0 aliphatic heterocycles. The van der Waals surface area contributed by atoms with E-state index < -0.39 is 0 Å². The minimum absolute atomic E-state index is 0.259. The first-order valence-electron chi connectivity index (χ1n) is 4.28. The van der Waals surface area contributed by atoms with Crippen molar-refractivity contribution >= 4 is 25.2 Å². The molecule has 13 heavy (non-hydrogen) atoms. The van der Waals surface area contributed by atoms with E-state index in [1.807, 2.05) is 24.3 Å². The SMILES string of the molecule is O=C1C=CCC1[Se]c1ccccc1. The normalized spacial score (nSPS) is 20.9. The molecular formula is C11H10OSe. The number of ketones is 1. The molecule has 1 nitrogen and oxygen atoms in total. The molecule has 1 aliphatic rings. The van der Waals surface area contributed by atoms with E-state index in [-0.39, 0.29) is 4.82 Å². The second-order valence-corrected chi connectivity index (χ2v) is 5.64. The van der Waals surface area contributed by atoms with Crippen LogP contribution in [0.15, 0.2) is 42.5 Å². The van der Waals surface area contributed by atoms with Gasteiger partial charge in [-0.1, -0.05) is 0 Å². The van der Waals surface area contributed by atoms with E-state index in [0.29, 0.717) is 20.7 Å². The number of hydrogen-bond acceptors (Lipinski definition) is 1. The zero-order valence-corrected chi connectivity index (χ0v) is 8.86. The second kappa shape index (κ2) is 3.91. The van der Waals surface area contributed by atoms with Crippen LogP contribution in [0.3, 0.4) is 0 Å². The van der Waals surface area contributed by atoms with Gasteiger partial charge in [0.25, 0.3) is 0 Å². The molecule has 0 saturated carbocycles. The molecule has 66 valence electrons. The fourth-order valence-electron chi connectivity index (χ4n) is 1.30. The van der Waals surface area contributed by atoms with Crippen LogP contribution in [0.1, 0.15) is 6.42 Å². The molecule has 0 aromatic heterocycles. The van der Waals surface area contributed by atoms with Crippen LogP contribution in [0.2, 0.25) is 4.82 Å². The molecule has 0 heterocycles. The van der Waals surface area contributed by atoms with Gasteiger partial charge in [-0.3, -0.25) is 0 Å². The Morgan fingerprint density at radius 1 is 1.23 bits per heavy atom. The molecule has 1 aliphatic carbocycles. The third-order valence-electron chi connectivity index (χ3n) is 1.97. The number of hydrogen-bond donors (Lipinski definition) is 0. The third kappa shape index (κ3) is 2.09. The summed E-state index contributed by atoms with van der Waals surface area (Å²) in [6.07, 6.45) is 4.64. The topological polar surface area (TPSA) is 17.1 Å². The summed E-state index contributed by atoms with van der Waals surface area (Å²) in [6.45, 7) is 0. The molecule has 1 atom stereocenters. The number of carbonyl (C=O) groups excluding carboxylic acids is 1. The maximum atomic E-state index is 11.3. The van der Waals surface area contributed by atoms with E-state index >= 15 is 0 Å². The van der Waals surface area contributed by atoms with Gasteiger partial charge in [0.2, 0.25) is 0 Å². The van der Waals surface area contributed by atoms with Gasteiger partial charge < -0.3 is 0 Å². The van der Waals surface area contributed by atoms with Crippen molar-refractivity contribution in [3.05, 3.63) is 42.5 Å². The molecule has 1 aromatic rings. The van der Waals surface area contributed by atoms with Crippen molar-refractivity contribution in [2.24, 2.45) is 0 Å². The summed E-state index contributed by atoms with van der Waals surface area (Å²) in [7, 11) is 0. The van der Waals surface area contributed by atoms with Gasteiger partial charge in [0, 0.05) is 0 Å². The standard InChI is InChI=1S/C11H10OSe/c12-10-7-4-8-11(10)13-9-5-2-1-3-6-9/h1-7,11H,8H2. The number of rotatable bonds is 2. The Balaban J connectivity index is 2.03. The molecule has 0 radical (unpaired) electrons. The van der Waals surface area contributed by atoms with E-state index in [1.54, 1.807) is 6.08 Å². The predicted octanol–water partition coefficient (Wildman–Crippen LogP) is 1.33. The van der Waals surface area contributed by atoms with Crippen molar-refractivity contribution in [1.82, 2.24) is 0 Å². The van der Waals surface area contributed by atoms with Gasteiger partial charge >= 0.3 is 83.7 Å². The average molecular weight is 237 g/mol. The fraction of sp³-hybridized carbons (Fsp3) is 0.182. The van der Waals surface area contributed by atoms with Crippen LogP contribution >= 0.6 is 0 Å². The monoisotopic (exact) mass is 238 g/mol. The second-order valence-electron chi connectivity index (χ2n) is 2.96. The quantitative estimate of drug-likeness (QED) is 0.709. The van der Waals surface area contributed by atoms with Crippen LogP contribution in [-0.4, -0.2) is 20.7 Å². The van der Waals surface area contributed by atoms with Crippen LogP contribution in [0.25, 0.3) is 0 Å². The van der Waals surface area contributed by atoms with Gasteiger partial charge in [-0.2, -0.15) is 0 Å². The van der Waals surface area contributed by atoms with Crippen molar-refractivity contribution in [3.8, 4) is 0 Å². The van der Waals surface area contributed by atoms with E-state index in [9.17, 15) is 4.79 Å². The molecule has 0 fully saturated rings. The Labute approximate surface area is 84.0 Å². The molecule has 2 rings (SSSR count). The molecule has 0 saturated heterocycles. The molecule has 1 unspecified atom stereocenters. The van der Waals surface area contributed by atoms with E-state index in [1.165, 1.54) is 4.46 Å². The van der Waals surface area contributed by atoms with Gasteiger partial charge in [0.05, 0.1) is 0 Å². The van der Waals surface area contributed by atoms with Crippen molar-refractivity contribution < 1.29 is 4.79 Å². The van der Waals surface area contributed by atoms with Gasteiger partial charge in [-0.15, -0.1) is 0 Å². The van der Waals surface area contributed by atoms with Gasteiger partial charge in [0.15, 0.2) is 0 Å². The summed E-state index contributed by atoms with van der Waals surface area (Å²) in [6, 6.07) is 10.3. The number of benzene rings is 1. The molecule has 0 spiro atoms. The van der Waals surface area contributed by atoms with Crippen LogP contribution < -0.4 is 4.46 Å². The summed E-state index contributed by atoms with van der Waals surface area (Å²) >= 11 is 0.307. The van der Waals surface area contributed by atoms with Crippen LogP contribution in [0.5, 0.6) is 0 Å². The molecule has 0 N–H and O–H groups in total. The first kappa shape index (κ1) is 8.73. The average Bonchev–Trinajstić information content (AvgIpc) is 2.54. The number of allylic oxidation sites excluding steroid dienone is 2. The Kier molecular flexibility index (Phi) is 2.62. The fourth-order valence-corrected chi connectivity index (χ4v) is 3.49. The molecule has 2 heteroatoms. The molecule has 0 amide bonds. The Hall–Kier alpha value is -0.851. The van der Waals surface area contributed by atoms with Crippen LogP contribution in [-0.2, 0) is 4.79 Å². The Bertz CT molecular complexity index is 329. The van der Waals surface area contributed by atoms with Crippen molar-refractivity contribution in [2.45, 2.75) is 11.2 Å². The first-order chi connectivity index (χ1) is 6.36. The van der Waals surface area contributed by atoms with E-state index in [2.05, 4.69) is 12.1 Å². The zero-order chi connectivity index (χ0) is 9.10. The Morgan fingerprint density at radius 2 is 2.00 bits per heavy atom. The van der Waals surface area contributed by atoms with Crippen LogP contribution in [0, 0.1) is 0 Å². The van der Waals surface area contributed by atoms with Gasteiger partial charge in [-0.05, 0) is 0 Å². The Morgan fingerprint density at radius 3 is 2.62 bits per heavy atom. The molecule has 1 aromatic carbocycles. The summed E-state index contributed by atoms with van der Waals surface area (Å²) in [5.74, 6) is 0.309. The zero-order valence-electron chi connectivity index (χ0n) is 7.14. The number of carbonyl (C=O) groups is 1. The molecular weight excluding hydrogens is 227 g/mol. The van der Waals surface area contributed by atoms with Gasteiger partial charge in [-0.25, -0.2) is 0 Å². The summed E-state index contributed by atoms with van der Waals surface area (Å²) in [5, 5.41) is 0. The van der Waals surface area contributed by atoms with Crippen molar-refractivity contribution in [1.29, 1.82) is 0 Å². The summed E-state index contributed by atoms with van der Waals surface area (Å²) in [4.78, 5) is 11.6. The summed E-state index contributed by atoms with van der Waals surface area (Å²) in [5.41, 5.74) is 0. The van der Waals surface area contributed by atoms with Crippen molar-refractivity contribution in [2.75, 3.05) is 0 Å². The van der Waals surface area contributed by atoms with Crippen LogP contribution in [0.4, 0.5) is 0 Å². The predicted molar refractivity (Wildman–Crippen MR) is 54.3 cm³/mol. The minimum atomic E-state index is 0.259. The van der Waals surface area contributed by atoms with Crippen molar-refractivity contribution in [3.63, 3.8) is 0 Å². The maximum absolute atomic E-state index is 11.3. The van der Waals surface area contributed by atoms with E-state index in [4.69, 9.17) is 0 Å². The summed E-state index contributed by atoms with van der Waals surface area (Å²) < 4.78 is 1.32.